The highest BCUT2D eigenvalue weighted by atomic mass is 79.9. The molecule has 182 valence electrons. The molecule has 0 radical (unpaired) electrons. The molecule has 3 rings (SSSR count). The summed E-state index contributed by atoms with van der Waals surface area (Å²) in [7, 11) is 1.50. The summed E-state index contributed by atoms with van der Waals surface area (Å²) in [5.41, 5.74) is 5.45. The molecule has 35 heavy (non-hydrogen) atoms. The van der Waals surface area contributed by atoms with E-state index in [0.717, 1.165) is 11.4 Å². The van der Waals surface area contributed by atoms with Crippen molar-refractivity contribution in [2.45, 2.75) is 25.6 Å². The third-order valence-corrected chi connectivity index (χ3v) is 6.02. The topological polar surface area (TPSA) is 129 Å². The van der Waals surface area contributed by atoms with Gasteiger partial charge in [0.05, 0.1) is 24.0 Å². The van der Waals surface area contributed by atoms with Gasteiger partial charge in [-0.25, -0.2) is 15.4 Å². The number of aryl methyl sites for hydroxylation is 2. The monoisotopic (exact) mass is 559 g/mol. The number of non-ortho nitro benzene ring substituents is 1. The molecule has 0 saturated carbocycles. The molecule has 10 nitrogen and oxygen atoms in total. The minimum atomic E-state index is -0.455. The van der Waals surface area contributed by atoms with Gasteiger partial charge in [-0.2, -0.15) is 5.10 Å². The van der Waals surface area contributed by atoms with E-state index in [1.54, 1.807) is 24.3 Å². The zero-order valence-electron chi connectivity index (χ0n) is 19.1. The second-order valence-corrected chi connectivity index (χ2v) is 9.05. The number of ether oxygens (including phenoxy) is 2. The largest absolute Gasteiger partial charge is 0.493 e. The molecular weight excluding hydrogens is 538 g/mol. The van der Waals surface area contributed by atoms with Crippen LogP contribution in [0.4, 0.5) is 5.69 Å². The minimum Gasteiger partial charge on any atom is -0.493 e. The highest BCUT2D eigenvalue weighted by Crippen LogP contribution is 2.33. The number of halogens is 1. The molecular formula is C23H22BrN5O5S. The van der Waals surface area contributed by atoms with Crippen molar-refractivity contribution in [3.8, 4) is 11.5 Å². The standard InChI is InChI=1S/C23H22BrN5O5S/c1-14-7-15(2)27-23(26-14)35-13-22(30)28-25-11-17-9-20(33-3)21(10-19(17)24)34-12-16-5-4-6-18(8-16)29(31)32/h4-11H,12-13H2,1-3H3,(H,28,30)/b25-11-. The van der Waals surface area contributed by atoms with E-state index in [9.17, 15) is 14.9 Å². The van der Waals surface area contributed by atoms with Gasteiger partial charge < -0.3 is 9.47 Å². The molecule has 3 aromatic rings. The predicted molar refractivity (Wildman–Crippen MR) is 136 cm³/mol. The average Bonchev–Trinajstić information content (AvgIpc) is 2.82. The smallest absolute Gasteiger partial charge is 0.269 e. The number of amides is 1. The fourth-order valence-electron chi connectivity index (χ4n) is 2.94. The summed E-state index contributed by atoms with van der Waals surface area (Å²) in [6.07, 6.45) is 1.48. The van der Waals surface area contributed by atoms with E-state index in [1.165, 1.54) is 37.2 Å². The number of benzene rings is 2. The van der Waals surface area contributed by atoms with Crippen LogP contribution in [0.25, 0.3) is 0 Å². The van der Waals surface area contributed by atoms with Crippen molar-refractivity contribution in [2.24, 2.45) is 5.10 Å². The Kier molecular flexibility index (Phi) is 9.15. The van der Waals surface area contributed by atoms with E-state index in [0.29, 0.717) is 32.3 Å². The lowest BCUT2D eigenvalue weighted by atomic mass is 10.2. The van der Waals surface area contributed by atoms with Crippen LogP contribution in [0.1, 0.15) is 22.5 Å². The number of rotatable bonds is 10. The van der Waals surface area contributed by atoms with Gasteiger partial charge in [-0.1, -0.05) is 23.9 Å². The van der Waals surface area contributed by atoms with E-state index in [2.05, 4.69) is 36.4 Å². The number of methoxy groups -OCH3 is 1. The molecule has 0 fully saturated rings. The Hall–Kier alpha value is -3.51. The van der Waals surface area contributed by atoms with Gasteiger partial charge in [0, 0.05) is 33.6 Å². The lowest BCUT2D eigenvalue weighted by molar-refractivity contribution is -0.384. The Morgan fingerprint density at radius 1 is 1.20 bits per heavy atom. The van der Waals surface area contributed by atoms with Crippen molar-refractivity contribution < 1.29 is 19.2 Å². The van der Waals surface area contributed by atoms with Crippen LogP contribution in [0.15, 0.2) is 57.2 Å². The number of nitrogens with zero attached hydrogens (tertiary/aromatic N) is 4. The fourth-order valence-corrected chi connectivity index (χ4v) is 4.10. The van der Waals surface area contributed by atoms with Gasteiger partial charge in [0.1, 0.15) is 6.61 Å². The maximum atomic E-state index is 12.1. The molecule has 1 aromatic heterocycles. The highest BCUT2D eigenvalue weighted by molar-refractivity contribution is 9.10. The molecule has 1 heterocycles. The number of nitrogens with one attached hydrogen (secondary N) is 1. The lowest BCUT2D eigenvalue weighted by Crippen LogP contribution is -2.19. The molecule has 1 amide bonds. The van der Waals surface area contributed by atoms with E-state index < -0.39 is 4.92 Å². The van der Waals surface area contributed by atoms with Gasteiger partial charge in [-0.05, 0) is 53.5 Å². The number of nitro groups is 1. The first kappa shape index (κ1) is 26.1. The first-order valence-electron chi connectivity index (χ1n) is 10.3. The Labute approximate surface area is 214 Å². The molecule has 0 bridgehead atoms. The molecule has 0 aliphatic carbocycles. The van der Waals surface area contributed by atoms with Gasteiger partial charge in [0.15, 0.2) is 16.7 Å². The maximum absolute atomic E-state index is 12.1. The van der Waals surface area contributed by atoms with E-state index >= 15 is 0 Å². The summed E-state index contributed by atoms with van der Waals surface area (Å²) in [5.74, 6) is 0.703. The second kappa shape index (κ2) is 12.3. The van der Waals surface area contributed by atoms with Crippen molar-refractivity contribution in [1.82, 2.24) is 15.4 Å². The molecule has 0 spiro atoms. The number of aromatic nitrogens is 2. The first-order valence-corrected chi connectivity index (χ1v) is 12.0. The molecule has 0 unspecified atom stereocenters. The molecule has 2 aromatic carbocycles. The highest BCUT2D eigenvalue weighted by Gasteiger charge is 2.12. The fraction of sp³-hybridized carbons (Fsp3) is 0.217. The van der Waals surface area contributed by atoms with Gasteiger partial charge in [0.2, 0.25) is 0 Å². The van der Waals surface area contributed by atoms with Crippen LogP contribution in [0, 0.1) is 24.0 Å². The summed E-state index contributed by atoms with van der Waals surface area (Å²) in [6.45, 7) is 3.87. The number of nitro benzene ring substituents is 1. The van der Waals surface area contributed by atoms with Crippen LogP contribution in [0.2, 0.25) is 0 Å². The number of hydrogen-bond donors (Lipinski definition) is 1. The van der Waals surface area contributed by atoms with Crippen molar-refractivity contribution in [2.75, 3.05) is 12.9 Å². The Morgan fingerprint density at radius 2 is 1.94 bits per heavy atom. The predicted octanol–water partition coefficient (Wildman–Crippen LogP) is 4.59. The Balaban J connectivity index is 1.60. The molecule has 1 N–H and O–H groups in total. The van der Waals surface area contributed by atoms with Gasteiger partial charge in [-0.15, -0.1) is 0 Å². The van der Waals surface area contributed by atoms with Crippen LogP contribution < -0.4 is 14.9 Å². The Morgan fingerprint density at radius 3 is 2.63 bits per heavy atom. The van der Waals surface area contributed by atoms with Crippen molar-refractivity contribution in [3.05, 3.63) is 79.6 Å². The minimum absolute atomic E-state index is 0.00669. The molecule has 0 saturated heterocycles. The molecule has 12 heteroatoms. The van der Waals surface area contributed by atoms with Gasteiger partial charge in [0.25, 0.3) is 11.6 Å². The molecule has 0 aliphatic rings. The van der Waals surface area contributed by atoms with Crippen LogP contribution >= 0.6 is 27.7 Å². The number of hydrazone groups is 1. The van der Waals surface area contributed by atoms with Crippen LogP contribution in [0.3, 0.4) is 0 Å². The van der Waals surface area contributed by atoms with Crippen molar-refractivity contribution in [3.63, 3.8) is 0 Å². The SMILES string of the molecule is COc1cc(/C=N\NC(=O)CSc2nc(C)cc(C)n2)c(Br)cc1OCc1cccc([N+](=O)[O-])c1. The number of carbonyl (C=O) groups is 1. The molecule has 0 aliphatic heterocycles. The second-order valence-electron chi connectivity index (χ2n) is 7.26. The van der Waals surface area contributed by atoms with Crippen LogP contribution in [-0.4, -0.2) is 39.9 Å². The van der Waals surface area contributed by atoms with Gasteiger partial charge >= 0.3 is 0 Å². The van der Waals surface area contributed by atoms with E-state index in [-0.39, 0.29) is 24.0 Å². The number of hydrogen-bond acceptors (Lipinski definition) is 9. The lowest BCUT2D eigenvalue weighted by Gasteiger charge is -2.12. The molecule has 0 atom stereocenters. The summed E-state index contributed by atoms with van der Waals surface area (Å²) < 4.78 is 11.9. The van der Waals surface area contributed by atoms with Crippen LogP contribution in [-0.2, 0) is 11.4 Å². The third kappa shape index (κ3) is 7.76. The van der Waals surface area contributed by atoms with Crippen molar-refractivity contribution >= 4 is 45.5 Å². The summed E-state index contributed by atoms with van der Waals surface area (Å²) in [6, 6.07) is 11.5. The first-order chi connectivity index (χ1) is 16.7. The normalized spacial score (nSPS) is 10.9. The zero-order valence-corrected chi connectivity index (χ0v) is 21.6. The van der Waals surface area contributed by atoms with Gasteiger partial charge in [-0.3, -0.25) is 14.9 Å². The summed E-state index contributed by atoms with van der Waals surface area (Å²) in [4.78, 5) is 31.2. The van der Waals surface area contributed by atoms with Crippen LogP contribution in [0.5, 0.6) is 11.5 Å². The quantitative estimate of drug-likeness (QED) is 0.125. The maximum Gasteiger partial charge on any atom is 0.269 e. The Bertz CT molecular complexity index is 1250. The zero-order chi connectivity index (χ0) is 25.4. The van der Waals surface area contributed by atoms with Crippen molar-refractivity contribution in [1.29, 1.82) is 0 Å². The number of thioether (sulfide) groups is 1. The van der Waals surface area contributed by atoms with E-state index in [1.807, 2.05) is 19.9 Å². The third-order valence-electron chi connectivity index (χ3n) is 4.49. The summed E-state index contributed by atoms with van der Waals surface area (Å²) in [5, 5.41) is 15.5. The van der Waals surface area contributed by atoms with E-state index in [4.69, 9.17) is 9.47 Å². The number of carbonyl (C=O) groups excluding carboxylic acids is 1. The average molecular weight is 560 g/mol. The summed E-state index contributed by atoms with van der Waals surface area (Å²) >= 11 is 4.69.